The summed E-state index contributed by atoms with van der Waals surface area (Å²) in [6.07, 6.45) is 0. The first kappa shape index (κ1) is 12.2. The van der Waals surface area contributed by atoms with Gasteiger partial charge < -0.3 is 4.74 Å². The number of rotatable bonds is 4. The van der Waals surface area contributed by atoms with Crippen LogP contribution in [0.15, 0.2) is 30.3 Å². The number of halogens is 1. The molecule has 17 heavy (non-hydrogen) atoms. The van der Waals surface area contributed by atoms with Gasteiger partial charge in [0, 0.05) is 12.4 Å². The maximum atomic E-state index is 5.71. The number of nitrogens with zero attached hydrogens (tertiary/aromatic N) is 2. The van der Waals surface area contributed by atoms with Gasteiger partial charge in [-0.15, -0.1) is 0 Å². The van der Waals surface area contributed by atoms with E-state index in [0.717, 1.165) is 22.5 Å². The molecule has 0 spiro atoms. The van der Waals surface area contributed by atoms with Crippen LogP contribution in [0.4, 0.5) is 0 Å². The van der Waals surface area contributed by atoms with Gasteiger partial charge in [0.25, 0.3) is 0 Å². The maximum Gasteiger partial charge on any atom is 0.130 e. The number of alkyl halides is 1. The standard InChI is InChI=1S/C13H15BrN2O/c1-10-7-12(16(2)15-10)9-17-13-5-3-11(8-14)4-6-13/h3-7H,8-9H2,1-2H3. The zero-order valence-electron chi connectivity index (χ0n) is 9.98. The molecule has 0 aliphatic rings. The fraction of sp³-hybridized carbons (Fsp3) is 0.308. The summed E-state index contributed by atoms with van der Waals surface area (Å²) in [6, 6.07) is 10.1. The minimum absolute atomic E-state index is 0.547. The zero-order valence-corrected chi connectivity index (χ0v) is 11.6. The van der Waals surface area contributed by atoms with Gasteiger partial charge in [0.2, 0.25) is 0 Å². The van der Waals surface area contributed by atoms with E-state index in [9.17, 15) is 0 Å². The molecule has 0 saturated carbocycles. The third-order valence-electron chi connectivity index (χ3n) is 2.56. The van der Waals surface area contributed by atoms with E-state index in [2.05, 4.69) is 33.2 Å². The van der Waals surface area contributed by atoms with Crippen LogP contribution in [0.25, 0.3) is 0 Å². The van der Waals surface area contributed by atoms with Crippen molar-refractivity contribution in [3.63, 3.8) is 0 Å². The average Bonchev–Trinajstić information content (AvgIpc) is 2.66. The third kappa shape index (κ3) is 3.09. The van der Waals surface area contributed by atoms with Crippen LogP contribution < -0.4 is 4.74 Å². The van der Waals surface area contributed by atoms with Gasteiger partial charge >= 0.3 is 0 Å². The molecule has 0 amide bonds. The summed E-state index contributed by atoms with van der Waals surface area (Å²) in [5.74, 6) is 0.883. The van der Waals surface area contributed by atoms with E-state index < -0.39 is 0 Å². The summed E-state index contributed by atoms with van der Waals surface area (Å²) in [5, 5.41) is 5.15. The van der Waals surface area contributed by atoms with E-state index in [1.807, 2.05) is 36.9 Å². The number of aromatic nitrogens is 2. The van der Waals surface area contributed by atoms with Crippen LogP contribution in [0.1, 0.15) is 17.0 Å². The van der Waals surface area contributed by atoms with Crippen molar-refractivity contribution >= 4 is 15.9 Å². The molecule has 0 radical (unpaired) electrons. The second-order valence-electron chi connectivity index (χ2n) is 3.97. The molecule has 2 rings (SSSR count). The van der Waals surface area contributed by atoms with Crippen molar-refractivity contribution in [2.45, 2.75) is 18.9 Å². The lowest BCUT2D eigenvalue weighted by molar-refractivity contribution is 0.295. The minimum atomic E-state index is 0.547. The highest BCUT2D eigenvalue weighted by molar-refractivity contribution is 9.08. The number of benzene rings is 1. The largest absolute Gasteiger partial charge is 0.487 e. The topological polar surface area (TPSA) is 27.1 Å². The van der Waals surface area contributed by atoms with Crippen molar-refractivity contribution in [3.05, 3.63) is 47.3 Å². The van der Waals surface area contributed by atoms with Gasteiger partial charge in [-0.2, -0.15) is 5.10 Å². The molecule has 0 unspecified atom stereocenters. The number of aryl methyl sites for hydroxylation is 2. The molecule has 0 N–H and O–H groups in total. The zero-order chi connectivity index (χ0) is 12.3. The number of hydrogen-bond donors (Lipinski definition) is 0. The van der Waals surface area contributed by atoms with Crippen LogP contribution in [-0.4, -0.2) is 9.78 Å². The predicted octanol–water partition coefficient (Wildman–Crippen LogP) is 3.20. The molecule has 0 bridgehead atoms. The van der Waals surface area contributed by atoms with Crippen molar-refractivity contribution in [1.29, 1.82) is 0 Å². The molecule has 0 aliphatic heterocycles. The predicted molar refractivity (Wildman–Crippen MR) is 71.4 cm³/mol. The molecular formula is C13H15BrN2O. The SMILES string of the molecule is Cc1cc(COc2ccc(CBr)cc2)n(C)n1. The summed E-state index contributed by atoms with van der Waals surface area (Å²) >= 11 is 3.42. The highest BCUT2D eigenvalue weighted by Crippen LogP contribution is 2.15. The van der Waals surface area contributed by atoms with E-state index in [1.165, 1.54) is 5.56 Å². The molecule has 3 nitrogen and oxygen atoms in total. The fourth-order valence-electron chi connectivity index (χ4n) is 1.63. The quantitative estimate of drug-likeness (QED) is 0.810. The Hall–Kier alpha value is -1.29. The first-order valence-corrected chi connectivity index (χ1v) is 6.58. The molecule has 0 aliphatic carbocycles. The Bertz CT molecular complexity index is 491. The normalized spacial score (nSPS) is 10.5. The highest BCUT2D eigenvalue weighted by atomic mass is 79.9. The highest BCUT2D eigenvalue weighted by Gasteiger charge is 2.02. The molecule has 0 atom stereocenters. The molecular weight excluding hydrogens is 280 g/mol. The van der Waals surface area contributed by atoms with Gasteiger partial charge in [0.15, 0.2) is 0 Å². The third-order valence-corrected chi connectivity index (χ3v) is 3.21. The van der Waals surface area contributed by atoms with Crippen LogP contribution in [0.3, 0.4) is 0 Å². The molecule has 4 heteroatoms. The summed E-state index contributed by atoms with van der Waals surface area (Å²) in [4.78, 5) is 0. The fourth-order valence-corrected chi connectivity index (χ4v) is 2.01. The lowest BCUT2D eigenvalue weighted by atomic mass is 10.2. The van der Waals surface area contributed by atoms with Gasteiger partial charge in [0.1, 0.15) is 12.4 Å². The first-order chi connectivity index (χ1) is 8.19. The van der Waals surface area contributed by atoms with E-state index in [1.54, 1.807) is 0 Å². The van der Waals surface area contributed by atoms with Gasteiger partial charge in [-0.05, 0) is 30.7 Å². The van der Waals surface area contributed by atoms with Crippen molar-refractivity contribution in [3.8, 4) is 5.75 Å². The molecule has 90 valence electrons. The Kier molecular flexibility index (Phi) is 3.84. The number of hydrogen-bond acceptors (Lipinski definition) is 2. The van der Waals surface area contributed by atoms with Gasteiger partial charge in [-0.1, -0.05) is 28.1 Å². The Morgan fingerprint density at radius 3 is 2.53 bits per heavy atom. The molecule has 0 saturated heterocycles. The van der Waals surface area contributed by atoms with Gasteiger partial charge in [-0.25, -0.2) is 0 Å². The van der Waals surface area contributed by atoms with Crippen LogP contribution in [0.2, 0.25) is 0 Å². The van der Waals surface area contributed by atoms with Gasteiger partial charge in [-0.3, -0.25) is 4.68 Å². The summed E-state index contributed by atoms with van der Waals surface area (Å²) < 4.78 is 7.56. The van der Waals surface area contributed by atoms with Gasteiger partial charge in [0.05, 0.1) is 11.4 Å². The van der Waals surface area contributed by atoms with E-state index in [0.29, 0.717) is 6.61 Å². The Morgan fingerprint density at radius 2 is 2.00 bits per heavy atom. The summed E-state index contributed by atoms with van der Waals surface area (Å²) in [6.45, 7) is 2.53. The van der Waals surface area contributed by atoms with Crippen LogP contribution in [0, 0.1) is 6.92 Å². The van der Waals surface area contributed by atoms with Crippen molar-refractivity contribution in [2.24, 2.45) is 7.05 Å². The maximum absolute atomic E-state index is 5.71. The van der Waals surface area contributed by atoms with Crippen molar-refractivity contribution in [1.82, 2.24) is 9.78 Å². The van der Waals surface area contributed by atoms with E-state index in [-0.39, 0.29) is 0 Å². The lowest BCUT2D eigenvalue weighted by Gasteiger charge is -2.06. The molecule has 1 aromatic carbocycles. The Balaban J connectivity index is 1.99. The lowest BCUT2D eigenvalue weighted by Crippen LogP contribution is -2.02. The van der Waals surface area contributed by atoms with E-state index in [4.69, 9.17) is 4.74 Å². The second-order valence-corrected chi connectivity index (χ2v) is 4.53. The van der Waals surface area contributed by atoms with Crippen LogP contribution in [0.5, 0.6) is 5.75 Å². The minimum Gasteiger partial charge on any atom is -0.487 e. The second kappa shape index (κ2) is 5.36. The summed E-state index contributed by atoms with van der Waals surface area (Å²) in [5.41, 5.74) is 3.33. The Morgan fingerprint density at radius 1 is 1.29 bits per heavy atom. The van der Waals surface area contributed by atoms with Crippen molar-refractivity contribution < 1.29 is 4.74 Å². The first-order valence-electron chi connectivity index (χ1n) is 5.46. The number of ether oxygens (including phenoxy) is 1. The molecule has 1 heterocycles. The monoisotopic (exact) mass is 294 g/mol. The molecule has 2 aromatic rings. The summed E-state index contributed by atoms with van der Waals surface area (Å²) in [7, 11) is 1.93. The smallest absolute Gasteiger partial charge is 0.130 e. The van der Waals surface area contributed by atoms with E-state index >= 15 is 0 Å². The average molecular weight is 295 g/mol. The van der Waals surface area contributed by atoms with Crippen molar-refractivity contribution in [2.75, 3.05) is 0 Å². The molecule has 0 fully saturated rings. The molecule has 1 aromatic heterocycles. The van der Waals surface area contributed by atoms with Crippen LogP contribution in [-0.2, 0) is 19.0 Å². The van der Waals surface area contributed by atoms with Crippen LogP contribution >= 0.6 is 15.9 Å². The Labute approximate surface area is 110 Å².